The minimum atomic E-state index is -4.19. The smallest absolute Gasteiger partial charge is 0.339 e. The minimum absolute atomic E-state index is 0.00950. The van der Waals surface area contributed by atoms with Crippen LogP contribution in [0.15, 0.2) is 100 Å². The van der Waals surface area contributed by atoms with Crippen molar-refractivity contribution in [3.8, 4) is 5.75 Å². The molecule has 0 amide bonds. The average molecular weight is 665 g/mol. The third-order valence-corrected chi connectivity index (χ3v) is 10.6. The van der Waals surface area contributed by atoms with Crippen LogP contribution in [0.5, 0.6) is 5.75 Å². The number of Topliss-reactive ketones (excluding diaryl/α,β-unsaturated/α-hetero) is 2. The van der Waals surface area contributed by atoms with Crippen LogP contribution >= 0.6 is 23.2 Å². The highest BCUT2D eigenvalue weighted by atomic mass is 35.5. The summed E-state index contributed by atoms with van der Waals surface area (Å²) in [6.45, 7) is 8.97. The molecule has 0 unspecified atom stereocenters. The molecule has 0 spiro atoms. The number of rotatable bonds is 6. The molecule has 0 N–H and O–H groups in total. The Bertz CT molecular complexity index is 1820. The molecule has 0 atom stereocenters. The molecule has 1 aliphatic heterocycles. The Morgan fingerprint density at radius 2 is 1.33 bits per heavy atom. The van der Waals surface area contributed by atoms with E-state index in [4.69, 9.17) is 27.4 Å². The van der Waals surface area contributed by atoms with E-state index >= 15 is 0 Å². The van der Waals surface area contributed by atoms with Crippen molar-refractivity contribution in [3.63, 3.8) is 0 Å². The second kappa shape index (κ2) is 11.4. The highest BCUT2D eigenvalue weighted by Gasteiger charge is 2.49. The first-order chi connectivity index (χ1) is 21.1. The average Bonchev–Trinajstić information content (AvgIpc) is 2.94. The van der Waals surface area contributed by atoms with E-state index in [0.29, 0.717) is 54.0 Å². The monoisotopic (exact) mass is 663 g/mol. The topological polar surface area (TPSA) is 80.8 Å². The van der Waals surface area contributed by atoms with Gasteiger partial charge < -0.3 is 9.08 Å². The molecule has 3 aromatic rings. The maximum atomic E-state index is 14.1. The predicted octanol–water partition coefficient (Wildman–Crippen LogP) is 8.65. The number of carbonyl (C=O) groups excluding carboxylic acids is 2. The van der Waals surface area contributed by atoms with Crippen molar-refractivity contribution in [2.45, 2.75) is 70.7 Å². The van der Waals surface area contributed by atoms with Crippen molar-refractivity contribution >= 4 is 44.9 Å². The molecule has 6 rings (SSSR count). The van der Waals surface area contributed by atoms with E-state index in [-0.39, 0.29) is 38.1 Å². The summed E-state index contributed by atoms with van der Waals surface area (Å²) >= 11 is 12.6. The van der Waals surface area contributed by atoms with Gasteiger partial charge in [0.05, 0.1) is 5.02 Å². The van der Waals surface area contributed by atoms with Gasteiger partial charge in [0.1, 0.15) is 4.90 Å². The van der Waals surface area contributed by atoms with Gasteiger partial charge in [-0.1, -0.05) is 87.3 Å². The molecule has 0 aromatic heterocycles. The van der Waals surface area contributed by atoms with E-state index in [1.165, 1.54) is 30.3 Å². The summed E-state index contributed by atoms with van der Waals surface area (Å²) in [5.74, 6) is -0.647. The zero-order chi connectivity index (χ0) is 32.3. The van der Waals surface area contributed by atoms with E-state index in [1.54, 1.807) is 12.1 Å². The van der Waals surface area contributed by atoms with Crippen molar-refractivity contribution in [2.24, 2.45) is 10.8 Å². The van der Waals surface area contributed by atoms with Crippen LogP contribution in [0.25, 0.3) is 0 Å². The lowest BCUT2D eigenvalue weighted by Gasteiger charge is -2.49. The van der Waals surface area contributed by atoms with Gasteiger partial charge in [-0.25, -0.2) is 0 Å². The summed E-state index contributed by atoms with van der Waals surface area (Å²) in [5.41, 5.74) is 4.35. The SMILES string of the molecule is CC1(C)CC(=O)C2=C(C1)N(Cc1ccccc1)C1=C(C(=O)CC(C)(C)C1)C2c1ccc(OS(=O)(=O)c2ccc(Cl)cc2)c(Cl)c1. The molecule has 1 heterocycles. The van der Waals surface area contributed by atoms with Crippen LogP contribution in [-0.4, -0.2) is 24.9 Å². The molecule has 6 nitrogen and oxygen atoms in total. The van der Waals surface area contributed by atoms with Crippen molar-refractivity contribution in [3.05, 3.63) is 117 Å². The quantitative estimate of drug-likeness (QED) is 0.246. The molecule has 3 aromatic carbocycles. The van der Waals surface area contributed by atoms with Crippen LogP contribution in [0.1, 0.15) is 70.4 Å². The molecule has 3 aliphatic rings. The highest BCUT2D eigenvalue weighted by Crippen LogP contribution is 2.55. The largest absolute Gasteiger partial charge is 0.377 e. The predicted molar refractivity (Wildman–Crippen MR) is 176 cm³/mol. The van der Waals surface area contributed by atoms with Gasteiger partial charge >= 0.3 is 10.1 Å². The molecule has 9 heteroatoms. The van der Waals surface area contributed by atoms with Gasteiger partial charge in [-0.3, -0.25) is 9.59 Å². The van der Waals surface area contributed by atoms with E-state index < -0.39 is 16.0 Å². The highest BCUT2D eigenvalue weighted by molar-refractivity contribution is 7.87. The first-order valence-corrected chi connectivity index (χ1v) is 17.1. The summed E-state index contributed by atoms with van der Waals surface area (Å²) in [7, 11) is -4.19. The number of benzene rings is 3. The third kappa shape index (κ3) is 6.23. The van der Waals surface area contributed by atoms with Crippen LogP contribution in [0.3, 0.4) is 0 Å². The van der Waals surface area contributed by atoms with Crippen LogP contribution in [0, 0.1) is 10.8 Å². The Hall–Kier alpha value is -3.39. The molecule has 0 saturated carbocycles. The number of allylic oxidation sites excluding steroid dienone is 4. The summed E-state index contributed by atoms with van der Waals surface area (Å²) < 4.78 is 31.4. The molecular formula is C36H35Cl2NO5S. The molecule has 2 aliphatic carbocycles. The fourth-order valence-electron chi connectivity index (χ4n) is 6.87. The number of carbonyl (C=O) groups is 2. The van der Waals surface area contributed by atoms with Crippen molar-refractivity contribution < 1.29 is 22.2 Å². The Balaban J connectivity index is 1.48. The van der Waals surface area contributed by atoms with Crippen molar-refractivity contribution in [1.29, 1.82) is 0 Å². The van der Waals surface area contributed by atoms with E-state index in [2.05, 4.69) is 44.7 Å². The Labute approximate surface area is 274 Å². The number of ketones is 2. The molecule has 45 heavy (non-hydrogen) atoms. The maximum Gasteiger partial charge on any atom is 0.339 e. The van der Waals surface area contributed by atoms with Gasteiger partial charge in [0.15, 0.2) is 17.3 Å². The van der Waals surface area contributed by atoms with Crippen LogP contribution in [0.2, 0.25) is 10.0 Å². The second-order valence-electron chi connectivity index (χ2n) is 13.8. The molecule has 0 radical (unpaired) electrons. The van der Waals surface area contributed by atoms with E-state index in [9.17, 15) is 18.0 Å². The summed E-state index contributed by atoms with van der Waals surface area (Å²) in [5, 5.41) is 0.461. The number of nitrogens with zero attached hydrogens (tertiary/aromatic N) is 1. The summed E-state index contributed by atoms with van der Waals surface area (Å²) in [6, 6.07) is 20.6. The van der Waals surface area contributed by atoms with Gasteiger partial charge in [0, 0.05) is 52.9 Å². The Morgan fingerprint density at radius 1 is 0.778 bits per heavy atom. The fraction of sp³-hybridized carbons (Fsp3) is 0.333. The number of halogens is 2. The van der Waals surface area contributed by atoms with Gasteiger partial charge in [-0.15, -0.1) is 0 Å². The zero-order valence-corrected chi connectivity index (χ0v) is 28.0. The van der Waals surface area contributed by atoms with Gasteiger partial charge in [0.25, 0.3) is 0 Å². The Morgan fingerprint density at radius 3 is 1.87 bits per heavy atom. The fourth-order valence-corrected chi connectivity index (χ4v) is 8.22. The summed E-state index contributed by atoms with van der Waals surface area (Å²) in [6.07, 6.45) is 2.07. The zero-order valence-electron chi connectivity index (χ0n) is 25.7. The van der Waals surface area contributed by atoms with E-state index in [1.807, 2.05) is 18.2 Å². The first kappa shape index (κ1) is 31.6. The lowest BCUT2D eigenvalue weighted by atomic mass is 9.63. The van der Waals surface area contributed by atoms with Gasteiger partial charge in [0.2, 0.25) is 0 Å². The lowest BCUT2D eigenvalue weighted by Crippen LogP contribution is -2.44. The third-order valence-electron chi connectivity index (χ3n) is 8.80. The van der Waals surface area contributed by atoms with Crippen LogP contribution < -0.4 is 4.18 Å². The maximum absolute atomic E-state index is 14.1. The summed E-state index contributed by atoms with van der Waals surface area (Å²) in [4.78, 5) is 30.3. The minimum Gasteiger partial charge on any atom is -0.377 e. The molecule has 234 valence electrons. The number of hydrogen-bond acceptors (Lipinski definition) is 6. The lowest BCUT2D eigenvalue weighted by molar-refractivity contribution is -0.119. The van der Waals surface area contributed by atoms with Gasteiger partial charge in [-0.2, -0.15) is 8.42 Å². The van der Waals surface area contributed by atoms with Crippen molar-refractivity contribution in [2.75, 3.05) is 0 Å². The normalized spacial score (nSPS) is 19.8. The number of hydrogen-bond donors (Lipinski definition) is 0. The van der Waals surface area contributed by atoms with Crippen LogP contribution in [0.4, 0.5) is 0 Å². The second-order valence-corrected chi connectivity index (χ2v) is 16.2. The van der Waals surface area contributed by atoms with Gasteiger partial charge in [-0.05, 0) is 71.2 Å². The molecule has 0 fully saturated rings. The first-order valence-electron chi connectivity index (χ1n) is 15.0. The Kier molecular flexibility index (Phi) is 8.03. The van der Waals surface area contributed by atoms with Crippen molar-refractivity contribution in [1.82, 2.24) is 4.90 Å². The van der Waals surface area contributed by atoms with E-state index in [0.717, 1.165) is 17.0 Å². The standard InChI is InChI=1S/C36H35Cl2NO5S/c1-35(2)17-27-33(29(40)19-35)32(23-10-15-31(26(38)16-23)44-45(42,43)25-13-11-24(37)12-14-25)34-28(18-36(3,4)20-30(34)41)39(27)21-22-8-6-5-7-9-22/h5-16,32H,17-21H2,1-4H3. The molecular weight excluding hydrogens is 629 g/mol. The van der Waals surface area contributed by atoms with Crippen LogP contribution in [-0.2, 0) is 26.3 Å². The molecule has 0 saturated heterocycles. The molecule has 0 bridgehead atoms.